The highest BCUT2D eigenvalue weighted by Crippen LogP contribution is 2.33. The van der Waals surface area contributed by atoms with Gasteiger partial charge in [-0.1, -0.05) is 30.3 Å². The number of nitrogens with zero attached hydrogens (tertiary/aromatic N) is 2. The third kappa shape index (κ3) is 7.11. The fourth-order valence-electron chi connectivity index (χ4n) is 4.28. The van der Waals surface area contributed by atoms with E-state index in [4.69, 9.17) is 4.74 Å². The van der Waals surface area contributed by atoms with Crippen LogP contribution in [0.2, 0.25) is 0 Å². The molecule has 0 aliphatic heterocycles. The van der Waals surface area contributed by atoms with E-state index in [1.54, 1.807) is 66.4 Å². The molecule has 1 aromatic heterocycles. The highest BCUT2D eigenvalue weighted by atomic mass is 32.2. The van der Waals surface area contributed by atoms with Gasteiger partial charge in [0.1, 0.15) is 11.8 Å². The molecule has 2 atom stereocenters. The fourth-order valence-corrected chi connectivity index (χ4v) is 6.37. The standard InChI is InChI=1S/C30H32N4O5S2/c1-39-24-10-12-25(13-11-24)41(3,38)34(19-22-18-31-20-32-22)23-9-14-26(27(17-23)21-7-5-4-6-8-21)29(35)33-28(30(36)37)15-16-40-2/h4-14,17-18,20,28H,3,15-16,19H2,1-2H3,(H,31,32)(H,33,35)(H,36,37)/t28-,41?/m0/s1. The van der Waals surface area contributed by atoms with E-state index in [0.29, 0.717) is 39.6 Å². The van der Waals surface area contributed by atoms with Gasteiger partial charge >= 0.3 is 5.97 Å². The Balaban J connectivity index is 1.81. The summed E-state index contributed by atoms with van der Waals surface area (Å²) in [6, 6.07) is 20.3. The third-order valence-corrected chi connectivity index (χ3v) is 9.19. The number of hydrogen-bond acceptors (Lipinski definition) is 6. The molecule has 0 aliphatic rings. The Labute approximate surface area is 244 Å². The second-order valence-electron chi connectivity index (χ2n) is 9.17. The molecule has 11 heteroatoms. The normalized spacial score (nSPS) is 13.1. The van der Waals surface area contributed by atoms with Gasteiger partial charge in [0.15, 0.2) is 0 Å². The topological polar surface area (TPSA) is 125 Å². The van der Waals surface area contributed by atoms with Gasteiger partial charge in [0.05, 0.1) is 41.1 Å². The zero-order valence-electron chi connectivity index (χ0n) is 22.8. The average molecular weight is 593 g/mol. The first-order valence-electron chi connectivity index (χ1n) is 12.7. The quantitative estimate of drug-likeness (QED) is 0.192. The van der Waals surface area contributed by atoms with Crippen molar-refractivity contribution in [3.63, 3.8) is 0 Å². The maximum Gasteiger partial charge on any atom is 0.326 e. The highest BCUT2D eigenvalue weighted by molar-refractivity contribution is 8.01. The van der Waals surface area contributed by atoms with Crippen LogP contribution >= 0.6 is 11.8 Å². The molecule has 0 saturated carbocycles. The van der Waals surface area contributed by atoms with Gasteiger partial charge in [-0.25, -0.2) is 14.0 Å². The number of imidazole rings is 1. The fraction of sp³-hybridized carbons (Fsp3) is 0.200. The number of rotatable bonds is 13. The number of nitrogens with one attached hydrogen (secondary N) is 2. The van der Waals surface area contributed by atoms with Gasteiger partial charge in [-0.15, -0.1) is 0 Å². The zero-order chi connectivity index (χ0) is 29.4. The molecule has 41 heavy (non-hydrogen) atoms. The summed E-state index contributed by atoms with van der Waals surface area (Å²) in [5, 5.41) is 12.3. The number of carboxylic acids is 1. The highest BCUT2D eigenvalue weighted by Gasteiger charge is 2.25. The van der Waals surface area contributed by atoms with Crippen molar-refractivity contribution in [2.75, 3.05) is 23.4 Å². The molecule has 1 heterocycles. The van der Waals surface area contributed by atoms with Crippen LogP contribution in [0.3, 0.4) is 0 Å². The number of ether oxygens (including phenoxy) is 1. The first kappa shape index (κ1) is 29.8. The lowest BCUT2D eigenvalue weighted by atomic mass is 9.98. The van der Waals surface area contributed by atoms with Crippen LogP contribution in [0.5, 0.6) is 5.75 Å². The molecule has 1 unspecified atom stereocenters. The summed E-state index contributed by atoms with van der Waals surface area (Å²) in [4.78, 5) is 32.9. The van der Waals surface area contributed by atoms with Crippen LogP contribution in [0.15, 0.2) is 90.2 Å². The first-order chi connectivity index (χ1) is 19.7. The molecule has 3 N–H and O–H groups in total. The lowest BCUT2D eigenvalue weighted by Crippen LogP contribution is -2.41. The van der Waals surface area contributed by atoms with Gasteiger partial charge in [-0.3, -0.25) is 9.10 Å². The number of thioether (sulfide) groups is 1. The smallest absolute Gasteiger partial charge is 0.326 e. The molecule has 9 nitrogen and oxygen atoms in total. The summed E-state index contributed by atoms with van der Waals surface area (Å²) in [6.07, 6.45) is 5.38. The van der Waals surface area contributed by atoms with Gasteiger partial charge in [-0.05, 0) is 77.9 Å². The summed E-state index contributed by atoms with van der Waals surface area (Å²) >= 11 is 1.51. The average Bonchev–Trinajstić information content (AvgIpc) is 3.51. The number of methoxy groups -OCH3 is 1. The Morgan fingerprint density at radius 3 is 2.49 bits per heavy atom. The number of carbonyl (C=O) groups is 2. The molecule has 0 bridgehead atoms. The Morgan fingerprint density at radius 2 is 1.88 bits per heavy atom. The molecule has 4 rings (SSSR count). The summed E-state index contributed by atoms with van der Waals surface area (Å²) < 4.78 is 21.3. The van der Waals surface area contributed by atoms with Crippen LogP contribution in [-0.2, 0) is 21.0 Å². The monoisotopic (exact) mass is 592 g/mol. The maximum absolute atomic E-state index is 14.4. The van der Waals surface area contributed by atoms with E-state index in [2.05, 4.69) is 21.2 Å². The Kier molecular flexibility index (Phi) is 9.74. The summed E-state index contributed by atoms with van der Waals surface area (Å²) in [5.74, 6) is 3.76. The minimum absolute atomic E-state index is 0.198. The number of amides is 1. The second kappa shape index (κ2) is 13.4. The van der Waals surface area contributed by atoms with E-state index in [-0.39, 0.29) is 6.54 Å². The molecule has 0 fully saturated rings. The number of benzene rings is 3. The van der Waals surface area contributed by atoms with E-state index in [1.165, 1.54) is 11.8 Å². The minimum atomic E-state index is -3.08. The zero-order valence-corrected chi connectivity index (χ0v) is 24.4. The number of carboxylic acid groups (broad SMARTS) is 1. The summed E-state index contributed by atoms with van der Waals surface area (Å²) in [6.45, 7) is 0.198. The number of aromatic nitrogens is 2. The van der Waals surface area contributed by atoms with E-state index in [9.17, 15) is 18.9 Å². The van der Waals surface area contributed by atoms with E-state index >= 15 is 0 Å². The van der Waals surface area contributed by atoms with Crippen molar-refractivity contribution in [2.24, 2.45) is 0 Å². The SMILES string of the molecule is C=S(=O)(c1ccc(OC)cc1)N(Cc1cnc[nH]1)c1ccc(C(=O)N[C@@H](CCSC)C(=O)O)c(-c2ccccc2)c1. The van der Waals surface area contributed by atoms with Crippen molar-refractivity contribution in [3.8, 4) is 16.9 Å². The van der Waals surface area contributed by atoms with Crippen LogP contribution in [-0.4, -0.2) is 62.2 Å². The molecular formula is C30H32N4O5S2. The van der Waals surface area contributed by atoms with Gasteiger partial charge in [0, 0.05) is 16.7 Å². The number of H-pyrrole nitrogens is 1. The molecule has 4 aromatic rings. The number of aliphatic carboxylic acids is 1. The lowest BCUT2D eigenvalue weighted by molar-refractivity contribution is -0.139. The summed E-state index contributed by atoms with van der Waals surface area (Å²) in [7, 11) is -1.52. The van der Waals surface area contributed by atoms with Gasteiger partial charge in [0.2, 0.25) is 0 Å². The van der Waals surface area contributed by atoms with Crippen LogP contribution < -0.4 is 14.4 Å². The van der Waals surface area contributed by atoms with Crippen LogP contribution in [0, 0.1) is 0 Å². The molecule has 3 aromatic carbocycles. The van der Waals surface area contributed by atoms with Crippen molar-refractivity contribution in [1.82, 2.24) is 15.3 Å². The predicted molar refractivity (Wildman–Crippen MR) is 165 cm³/mol. The van der Waals surface area contributed by atoms with Gasteiger partial charge in [-0.2, -0.15) is 11.8 Å². The van der Waals surface area contributed by atoms with Crippen molar-refractivity contribution < 1.29 is 23.6 Å². The Morgan fingerprint density at radius 1 is 1.15 bits per heavy atom. The van der Waals surface area contributed by atoms with E-state index in [1.807, 2.05) is 36.6 Å². The number of aromatic amines is 1. The molecule has 214 valence electrons. The minimum Gasteiger partial charge on any atom is -0.497 e. The Hall–Kier alpha value is -4.22. The maximum atomic E-state index is 14.4. The second-order valence-corrected chi connectivity index (χ2v) is 12.3. The molecule has 0 radical (unpaired) electrons. The molecule has 0 spiro atoms. The largest absolute Gasteiger partial charge is 0.497 e. The number of carbonyl (C=O) groups excluding carboxylic acids is 1. The third-order valence-electron chi connectivity index (χ3n) is 6.49. The van der Waals surface area contributed by atoms with Crippen molar-refractivity contribution in [3.05, 3.63) is 96.6 Å². The lowest BCUT2D eigenvalue weighted by Gasteiger charge is -2.29. The van der Waals surface area contributed by atoms with Crippen molar-refractivity contribution >= 4 is 44.9 Å². The van der Waals surface area contributed by atoms with Crippen LogP contribution in [0.25, 0.3) is 11.1 Å². The Bertz CT molecular complexity index is 1580. The molecule has 1 amide bonds. The molecule has 0 saturated heterocycles. The van der Waals surface area contributed by atoms with Gasteiger partial charge < -0.3 is 20.1 Å². The van der Waals surface area contributed by atoms with Gasteiger partial charge in [0.25, 0.3) is 5.91 Å². The molecule has 0 aliphatic carbocycles. The number of hydrogen-bond donors (Lipinski definition) is 3. The van der Waals surface area contributed by atoms with Crippen molar-refractivity contribution in [2.45, 2.75) is 23.9 Å². The predicted octanol–water partition coefficient (Wildman–Crippen LogP) is 4.72. The van der Waals surface area contributed by atoms with Crippen LogP contribution in [0.4, 0.5) is 5.69 Å². The summed E-state index contributed by atoms with van der Waals surface area (Å²) in [5.41, 5.74) is 2.89. The van der Waals surface area contributed by atoms with Crippen molar-refractivity contribution in [1.29, 1.82) is 0 Å². The number of anilines is 1. The molecular weight excluding hydrogens is 560 g/mol. The van der Waals surface area contributed by atoms with E-state index < -0.39 is 27.6 Å². The van der Waals surface area contributed by atoms with Crippen LogP contribution in [0.1, 0.15) is 22.5 Å². The first-order valence-corrected chi connectivity index (χ1v) is 15.8. The van der Waals surface area contributed by atoms with E-state index in [0.717, 1.165) is 11.3 Å².